The van der Waals surface area contributed by atoms with Crippen LogP contribution in [0.25, 0.3) is 10.9 Å². The van der Waals surface area contributed by atoms with E-state index in [0.29, 0.717) is 24.2 Å². The molecule has 0 aliphatic carbocycles. The lowest BCUT2D eigenvalue weighted by atomic mass is 10.1. The molecule has 0 fully saturated rings. The van der Waals surface area contributed by atoms with E-state index < -0.39 is 0 Å². The van der Waals surface area contributed by atoms with Crippen LogP contribution in [0, 0.1) is 0 Å². The Bertz CT molecular complexity index is 677. The zero-order valence-electron chi connectivity index (χ0n) is 12.3. The maximum Gasteiger partial charge on any atom is 0.252 e. The number of H-pyrrole nitrogens is 1. The molecule has 1 heterocycles. The van der Waals surface area contributed by atoms with Gasteiger partial charge in [0.05, 0.1) is 11.7 Å². The van der Waals surface area contributed by atoms with Crippen molar-refractivity contribution in [2.24, 2.45) is 0 Å². The molecule has 5 nitrogen and oxygen atoms in total. The van der Waals surface area contributed by atoms with E-state index in [-0.39, 0.29) is 17.6 Å². The van der Waals surface area contributed by atoms with Gasteiger partial charge in [0.1, 0.15) is 0 Å². The van der Waals surface area contributed by atoms with E-state index in [1.807, 2.05) is 32.0 Å². The fourth-order valence-electron chi connectivity index (χ4n) is 2.08. The average molecular weight is 288 g/mol. The molecule has 0 unspecified atom stereocenters. The topological polar surface area (TPSA) is 71.2 Å². The second-order valence-electron chi connectivity index (χ2n) is 5.12. The maximum atomic E-state index is 12.2. The van der Waals surface area contributed by atoms with E-state index in [2.05, 4.69) is 10.3 Å². The summed E-state index contributed by atoms with van der Waals surface area (Å²) >= 11 is 0. The molecular formula is C16H20N2O3. The second kappa shape index (κ2) is 7.04. The summed E-state index contributed by atoms with van der Waals surface area (Å²) in [7, 11) is 0. The van der Waals surface area contributed by atoms with Crippen LogP contribution in [0.4, 0.5) is 0 Å². The number of pyridine rings is 1. The number of carbonyl (C=O) groups is 1. The number of carbonyl (C=O) groups excluding carboxylic acids is 1. The molecular weight excluding hydrogens is 268 g/mol. The number of fused-ring (bicyclic) bond motifs is 1. The predicted molar refractivity (Wildman–Crippen MR) is 82.6 cm³/mol. The first-order chi connectivity index (χ1) is 10.1. The van der Waals surface area contributed by atoms with Gasteiger partial charge in [0.2, 0.25) is 5.56 Å². The number of rotatable bonds is 6. The van der Waals surface area contributed by atoms with Crippen LogP contribution < -0.4 is 10.9 Å². The van der Waals surface area contributed by atoms with E-state index in [9.17, 15) is 9.59 Å². The van der Waals surface area contributed by atoms with Crippen molar-refractivity contribution in [1.29, 1.82) is 0 Å². The minimum absolute atomic E-state index is 0.192. The summed E-state index contributed by atoms with van der Waals surface area (Å²) in [6.07, 6.45) is 0.933. The average Bonchev–Trinajstić information content (AvgIpc) is 2.45. The zero-order chi connectivity index (χ0) is 15.2. The summed E-state index contributed by atoms with van der Waals surface area (Å²) in [5, 5.41) is 3.56. The van der Waals surface area contributed by atoms with Crippen LogP contribution in [0.3, 0.4) is 0 Å². The molecule has 0 bridgehead atoms. The lowest BCUT2D eigenvalue weighted by Crippen LogP contribution is -2.27. The number of nitrogens with one attached hydrogen (secondary N) is 2. The molecule has 1 aromatic carbocycles. The second-order valence-corrected chi connectivity index (χ2v) is 5.12. The molecule has 1 aromatic heterocycles. The number of hydrogen-bond donors (Lipinski definition) is 2. The van der Waals surface area contributed by atoms with Gasteiger partial charge in [-0.3, -0.25) is 9.59 Å². The lowest BCUT2D eigenvalue weighted by molar-refractivity contribution is 0.0757. The van der Waals surface area contributed by atoms with Crippen molar-refractivity contribution >= 4 is 16.8 Å². The van der Waals surface area contributed by atoms with Gasteiger partial charge in [0.15, 0.2) is 0 Å². The minimum atomic E-state index is -0.276. The molecule has 0 radical (unpaired) electrons. The first-order valence-electron chi connectivity index (χ1n) is 7.10. The highest BCUT2D eigenvalue weighted by Gasteiger charge is 2.10. The number of hydrogen-bond acceptors (Lipinski definition) is 3. The van der Waals surface area contributed by atoms with Crippen molar-refractivity contribution in [3.05, 3.63) is 46.2 Å². The fourth-order valence-corrected chi connectivity index (χ4v) is 2.08. The molecule has 5 heteroatoms. The van der Waals surface area contributed by atoms with Crippen LogP contribution in [0.15, 0.2) is 35.1 Å². The number of aromatic nitrogens is 1. The van der Waals surface area contributed by atoms with Gasteiger partial charge in [-0.25, -0.2) is 0 Å². The van der Waals surface area contributed by atoms with Crippen molar-refractivity contribution in [1.82, 2.24) is 10.3 Å². The van der Waals surface area contributed by atoms with Gasteiger partial charge in [0.25, 0.3) is 5.91 Å². The van der Waals surface area contributed by atoms with E-state index >= 15 is 0 Å². The van der Waals surface area contributed by atoms with Crippen molar-refractivity contribution in [2.75, 3.05) is 13.2 Å². The highest BCUT2D eigenvalue weighted by atomic mass is 16.5. The van der Waals surface area contributed by atoms with Gasteiger partial charge in [-0.1, -0.05) is 18.2 Å². The number of para-hydroxylation sites is 1. The largest absolute Gasteiger partial charge is 0.379 e. The molecule has 1 amide bonds. The molecule has 0 saturated heterocycles. The third-order valence-electron chi connectivity index (χ3n) is 3.05. The monoisotopic (exact) mass is 288 g/mol. The number of benzene rings is 1. The highest BCUT2D eigenvalue weighted by molar-refractivity contribution is 6.05. The van der Waals surface area contributed by atoms with Crippen LogP contribution in [0.2, 0.25) is 0 Å². The Balaban J connectivity index is 2.04. The van der Waals surface area contributed by atoms with Crippen molar-refractivity contribution < 1.29 is 9.53 Å². The van der Waals surface area contributed by atoms with Crippen LogP contribution in [0.5, 0.6) is 0 Å². The van der Waals surface area contributed by atoms with Crippen LogP contribution in [-0.4, -0.2) is 30.1 Å². The maximum absolute atomic E-state index is 12.2. The van der Waals surface area contributed by atoms with Crippen LogP contribution >= 0.6 is 0 Å². The molecule has 21 heavy (non-hydrogen) atoms. The molecule has 0 aliphatic heterocycles. The van der Waals surface area contributed by atoms with Crippen LogP contribution in [0.1, 0.15) is 30.6 Å². The summed E-state index contributed by atoms with van der Waals surface area (Å²) in [6, 6.07) is 8.60. The lowest BCUT2D eigenvalue weighted by Gasteiger charge is -2.09. The summed E-state index contributed by atoms with van der Waals surface area (Å²) in [4.78, 5) is 26.5. The summed E-state index contributed by atoms with van der Waals surface area (Å²) < 4.78 is 5.41. The van der Waals surface area contributed by atoms with E-state index in [4.69, 9.17) is 4.74 Å². The van der Waals surface area contributed by atoms with Gasteiger partial charge in [-0.2, -0.15) is 0 Å². The Morgan fingerprint density at radius 1 is 1.33 bits per heavy atom. The Hall–Kier alpha value is -2.14. The van der Waals surface area contributed by atoms with E-state index in [1.54, 1.807) is 6.07 Å². The number of aromatic amines is 1. The Morgan fingerprint density at radius 2 is 2.10 bits per heavy atom. The Labute approximate surface area is 123 Å². The van der Waals surface area contributed by atoms with E-state index in [0.717, 1.165) is 11.8 Å². The molecule has 112 valence electrons. The molecule has 2 rings (SSSR count). The number of amides is 1. The summed E-state index contributed by atoms with van der Waals surface area (Å²) in [6.45, 7) is 5.07. The third kappa shape index (κ3) is 4.16. The van der Waals surface area contributed by atoms with E-state index in [1.165, 1.54) is 6.07 Å². The SMILES string of the molecule is CC(C)OCCCNC(=O)c1cc(=O)[nH]c2ccccc12. The van der Waals surface area contributed by atoms with Gasteiger partial charge in [-0.15, -0.1) is 0 Å². The zero-order valence-corrected chi connectivity index (χ0v) is 12.3. The fraction of sp³-hybridized carbons (Fsp3) is 0.375. The van der Waals surface area contributed by atoms with Gasteiger partial charge in [0, 0.05) is 30.1 Å². The summed E-state index contributed by atoms with van der Waals surface area (Å²) in [5.74, 6) is -0.234. The Kier molecular flexibility index (Phi) is 5.11. The molecule has 0 atom stereocenters. The van der Waals surface area contributed by atoms with Gasteiger partial charge in [-0.05, 0) is 26.3 Å². The first-order valence-corrected chi connectivity index (χ1v) is 7.10. The third-order valence-corrected chi connectivity index (χ3v) is 3.05. The summed E-state index contributed by atoms with van der Waals surface area (Å²) in [5.41, 5.74) is 0.791. The molecule has 2 aromatic rings. The van der Waals surface area contributed by atoms with Crippen molar-refractivity contribution in [3.8, 4) is 0 Å². The molecule has 0 aliphatic rings. The highest BCUT2D eigenvalue weighted by Crippen LogP contribution is 2.14. The number of ether oxygens (including phenoxy) is 1. The van der Waals surface area contributed by atoms with Gasteiger partial charge < -0.3 is 15.0 Å². The molecule has 0 spiro atoms. The smallest absolute Gasteiger partial charge is 0.252 e. The predicted octanol–water partition coefficient (Wildman–Crippen LogP) is 2.07. The normalized spacial score (nSPS) is 11.0. The molecule has 2 N–H and O–H groups in total. The van der Waals surface area contributed by atoms with Crippen molar-refractivity contribution in [3.63, 3.8) is 0 Å². The van der Waals surface area contributed by atoms with Crippen LogP contribution in [-0.2, 0) is 4.74 Å². The standard InChI is InChI=1S/C16H20N2O3/c1-11(2)21-9-5-8-17-16(20)13-10-15(19)18-14-7-4-3-6-12(13)14/h3-4,6-7,10-11H,5,8-9H2,1-2H3,(H,17,20)(H,18,19). The van der Waals surface area contributed by atoms with Gasteiger partial charge >= 0.3 is 0 Å². The van der Waals surface area contributed by atoms with Crippen molar-refractivity contribution in [2.45, 2.75) is 26.4 Å². The molecule has 0 saturated carbocycles. The Morgan fingerprint density at radius 3 is 2.86 bits per heavy atom. The quantitative estimate of drug-likeness (QED) is 0.799. The first kappa shape index (κ1) is 15.3. The minimum Gasteiger partial charge on any atom is -0.379 e.